The molecule has 0 saturated carbocycles. The van der Waals surface area contributed by atoms with Crippen LogP contribution in [-0.4, -0.2) is 55.0 Å². The van der Waals surface area contributed by atoms with E-state index in [-0.39, 0.29) is 5.91 Å². The normalized spacial score (nSPS) is 16.2. The van der Waals surface area contributed by atoms with Gasteiger partial charge in [0.15, 0.2) is 0 Å². The van der Waals surface area contributed by atoms with E-state index in [1.165, 1.54) is 5.56 Å². The molecule has 1 saturated heterocycles. The number of hydrogen-bond acceptors (Lipinski definition) is 3. The predicted octanol–water partition coefficient (Wildman–Crippen LogP) is 1.42. The fourth-order valence-electron chi connectivity index (χ4n) is 2.81. The quantitative estimate of drug-likeness (QED) is 0.806. The lowest BCUT2D eigenvalue weighted by molar-refractivity contribution is -0.132. The van der Waals surface area contributed by atoms with Crippen molar-refractivity contribution in [3.05, 3.63) is 35.4 Å². The second-order valence-corrected chi connectivity index (χ2v) is 5.88. The Hall–Kier alpha value is -1.39. The number of nitrogens with zero attached hydrogens (tertiary/aromatic N) is 2. The van der Waals surface area contributed by atoms with Gasteiger partial charge < -0.3 is 10.6 Å². The number of nitrogens with two attached hydrogens (primary N) is 1. The van der Waals surface area contributed by atoms with Crippen LogP contribution in [0.5, 0.6) is 0 Å². The second-order valence-electron chi connectivity index (χ2n) is 5.88. The molecule has 1 fully saturated rings. The summed E-state index contributed by atoms with van der Waals surface area (Å²) in [6.07, 6.45) is 2.77. The topological polar surface area (TPSA) is 49.6 Å². The van der Waals surface area contributed by atoms with Gasteiger partial charge in [0.2, 0.25) is 5.91 Å². The van der Waals surface area contributed by atoms with Crippen molar-refractivity contribution in [2.75, 3.05) is 39.3 Å². The Balaban J connectivity index is 1.75. The molecule has 2 rings (SSSR count). The molecule has 1 aliphatic heterocycles. The van der Waals surface area contributed by atoms with Crippen LogP contribution in [0.25, 0.3) is 0 Å². The lowest BCUT2D eigenvalue weighted by Gasteiger charge is -2.34. The van der Waals surface area contributed by atoms with Gasteiger partial charge in [-0.2, -0.15) is 0 Å². The highest BCUT2D eigenvalue weighted by Gasteiger charge is 2.20. The van der Waals surface area contributed by atoms with Gasteiger partial charge in [0, 0.05) is 26.2 Å². The van der Waals surface area contributed by atoms with Crippen molar-refractivity contribution < 1.29 is 4.79 Å². The summed E-state index contributed by atoms with van der Waals surface area (Å²) in [7, 11) is 0. The van der Waals surface area contributed by atoms with E-state index in [1.54, 1.807) is 0 Å². The first-order chi connectivity index (χ1) is 10.2. The van der Waals surface area contributed by atoms with Crippen LogP contribution in [0.15, 0.2) is 24.3 Å². The number of aryl methyl sites for hydroxylation is 1. The SMILES string of the molecule is Cc1cccc(CC(=O)N2CCN(CCCCN)CC2)c1. The molecular weight excluding hydrogens is 262 g/mol. The van der Waals surface area contributed by atoms with Gasteiger partial charge >= 0.3 is 0 Å². The predicted molar refractivity (Wildman–Crippen MR) is 86.2 cm³/mol. The lowest BCUT2D eigenvalue weighted by atomic mass is 10.1. The third-order valence-corrected chi connectivity index (χ3v) is 4.09. The van der Waals surface area contributed by atoms with Gasteiger partial charge in [-0.05, 0) is 38.4 Å². The molecule has 21 heavy (non-hydrogen) atoms. The molecule has 1 amide bonds. The van der Waals surface area contributed by atoms with Gasteiger partial charge in [0.1, 0.15) is 0 Å². The highest BCUT2D eigenvalue weighted by molar-refractivity contribution is 5.78. The van der Waals surface area contributed by atoms with E-state index >= 15 is 0 Å². The Morgan fingerprint density at radius 1 is 1.19 bits per heavy atom. The maximum Gasteiger partial charge on any atom is 0.227 e. The first kappa shape index (κ1) is 16.0. The van der Waals surface area contributed by atoms with E-state index in [9.17, 15) is 4.79 Å². The highest BCUT2D eigenvalue weighted by Crippen LogP contribution is 2.09. The van der Waals surface area contributed by atoms with Crippen LogP contribution >= 0.6 is 0 Å². The summed E-state index contributed by atoms with van der Waals surface area (Å²) in [5, 5.41) is 0. The van der Waals surface area contributed by atoms with Crippen molar-refractivity contribution in [3.8, 4) is 0 Å². The first-order valence-corrected chi connectivity index (χ1v) is 7.95. The maximum atomic E-state index is 12.3. The average Bonchev–Trinajstić information content (AvgIpc) is 2.48. The van der Waals surface area contributed by atoms with E-state index in [0.29, 0.717) is 6.42 Å². The van der Waals surface area contributed by atoms with Gasteiger partial charge in [-0.1, -0.05) is 29.8 Å². The molecule has 116 valence electrons. The van der Waals surface area contributed by atoms with Crippen molar-refractivity contribution in [2.45, 2.75) is 26.2 Å². The standard InChI is InChI=1S/C17H27N3O/c1-15-5-4-6-16(13-15)14-17(21)20-11-9-19(10-12-20)8-3-2-7-18/h4-6,13H,2-3,7-12,14,18H2,1H3. The molecule has 0 radical (unpaired) electrons. The number of benzene rings is 1. The van der Waals surface area contributed by atoms with E-state index in [0.717, 1.165) is 57.7 Å². The van der Waals surface area contributed by atoms with Crippen molar-refractivity contribution in [1.29, 1.82) is 0 Å². The van der Waals surface area contributed by atoms with Gasteiger partial charge in [0.05, 0.1) is 6.42 Å². The van der Waals surface area contributed by atoms with E-state index in [4.69, 9.17) is 5.73 Å². The summed E-state index contributed by atoms with van der Waals surface area (Å²) < 4.78 is 0. The minimum atomic E-state index is 0.252. The molecule has 1 heterocycles. The molecule has 0 aliphatic carbocycles. The van der Waals surface area contributed by atoms with Crippen molar-refractivity contribution >= 4 is 5.91 Å². The molecule has 1 aliphatic rings. The van der Waals surface area contributed by atoms with Crippen LogP contribution in [0.2, 0.25) is 0 Å². The van der Waals surface area contributed by atoms with Gasteiger partial charge in [-0.25, -0.2) is 0 Å². The zero-order valence-electron chi connectivity index (χ0n) is 13.1. The molecule has 4 nitrogen and oxygen atoms in total. The van der Waals surface area contributed by atoms with Crippen LogP contribution < -0.4 is 5.73 Å². The fourth-order valence-corrected chi connectivity index (χ4v) is 2.81. The van der Waals surface area contributed by atoms with Gasteiger partial charge in [0.25, 0.3) is 0 Å². The molecule has 0 unspecified atom stereocenters. The third-order valence-electron chi connectivity index (χ3n) is 4.09. The summed E-state index contributed by atoms with van der Waals surface area (Å²) in [4.78, 5) is 16.8. The summed E-state index contributed by atoms with van der Waals surface area (Å²) in [5.74, 6) is 0.252. The van der Waals surface area contributed by atoms with Crippen LogP contribution in [0.4, 0.5) is 0 Å². The molecule has 2 N–H and O–H groups in total. The maximum absolute atomic E-state index is 12.3. The molecular formula is C17H27N3O. The van der Waals surface area contributed by atoms with Crippen LogP contribution in [-0.2, 0) is 11.2 Å². The highest BCUT2D eigenvalue weighted by atomic mass is 16.2. The third kappa shape index (κ3) is 5.14. The minimum absolute atomic E-state index is 0.252. The molecule has 0 spiro atoms. The molecule has 4 heteroatoms. The summed E-state index contributed by atoms with van der Waals surface area (Å²) in [5.41, 5.74) is 7.85. The van der Waals surface area contributed by atoms with Gasteiger partial charge in [-0.3, -0.25) is 9.69 Å². The summed E-state index contributed by atoms with van der Waals surface area (Å²) in [6.45, 7) is 7.63. The fraction of sp³-hybridized carbons (Fsp3) is 0.588. The van der Waals surface area contributed by atoms with Crippen LogP contribution in [0, 0.1) is 6.92 Å². The van der Waals surface area contributed by atoms with Gasteiger partial charge in [-0.15, -0.1) is 0 Å². The monoisotopic (exact) mass is 289 g/mol. The minimum Gasteiger partial charge on any atom is -0.340 e. The number of hydrogen-bond donors (Lipinski definition) is 1. The number of unbranched alkanes of at least 4 members (excludes halogenated alkanes) is 1. The molecule has 0 aromatic heterocycles. The van der Waals surface area contributed by atoms with Crippen molar-refractivity contribution in [2.24, 2.45) is 5.73 Å². The number of amides is 1. The Morgan fingerprint density at radius 3 is 2.62 bits per heavy atom. The Bertz CT molecular complexity index is 453. The molecule has 1 aromatic carbocycles. The number of rotatable bonds is 6. The van der Waals surface area contributed by atoms with E-state index in [2.05, 4.69) is 24.0 Å². The molecule has 0 bridgehead atoms. The van der Waals surface area contributed by atoms with E-state index < -0.39 is 0 Å². The van der Waals surface area contributed by atoms with E-state index in [1.807, 2.05) is 17.0 Å². The number of carbonyl (C=O) groups excluding carboxylic acids is 1. The smallest absolute Gasteiger partial charge is 0.227 e. The number of carbonyl (C=O) groups is 1. The zero-order valence-corrected chi connectivity index (χ0v) is 13.1. The van der Waals surface area contributed by atoms with Crippen LogP contribution in [0.1, 0.15) is 24.0 Å². The Morgan fingerprint density at radius 2 is 1.95 bits per heavy atom. The average molecular weight is 289 g/mol. The summed E-state index contributed by atoms with van der Waals surface area (Å²) in [6, 6.07) is 8.22. The Labute approximate surface area is 127 Å². The second kappa shape index (κ2) is 8.15. The largest absolute Gasteiger partial charge is 0.340 e. The van der Waals surface area contributed by atoms with Crippen LogP contribution in [0.3, 0.4) is 0 Å². The molecule has 1 aromatic rings. The molecule has 0 atom stereocenters. The number of piperazine rings is 1. The van der Waals surface area contributed by atoms with Crippen molar-refractivity contribution in [3.63, 3.8) is 0 Å². The van der Waals surface area contributed by atoms with Crippen molar-refractivity contribution in [1.82, 2.24) is 9.80 Å². The Kier molecular flexibility index (Phi) is 6.21. The lowest BCUT2D eigenvalue weighted by Crippen LogP contribution is -2.49. The first-order valence-electron chi connectivity index (χ1n) is 7.95. The zero-order chi connectivity index (χ0) is 15.1. The summed E-state index contributed by atoms with van der Waals surface area (Å²) >= 11 is 0.